The first-order valence-corrected chi connectivity index (χ1v) is 8.76. The molecule has 0 aliphatic rings. The molecule has 0 saturated heterocycles. The number of carbonyl (C=O) groups excluding carboxylic acids is 2. The highest BCUT2D eigenvalue weighted by Gasteiger charge is 2.15. The van der Waals surface area contributed by atoms with Crippen LogP contribution in [0.1, 0.15) is 28.7 Å². The van der Waals surface area contributed by atoms with E-state index in [1.165, 1.54) is 0 Å². The third kappa shape index (κ3) is 4.61. The molecule has 27 heavy (non-hydrogen) atoms. The highest BCUT2D eigenvalue weighted by Crippen LogP contribution is 2.22. The van der Waals surface area contributed by atoms with Crippen LogP contribution in [0.2, 0.25) is 0 Å². The second-order valence-corrected chi connectivity index (χ2v) is 6.05. The van der Waals surface area contributed by atoms with Crippen LogP contribution in [0.5, 0.6) is 0 Å². The quantitative estimate of drug-likeness (QED) is 0.701. The van der Waals surface area contributed by atoms with Gasteiger partial charge in [0.2, 0.25) is 11.8 Å². The van der Waals surface area contributed by atoms with Crippen LogP contribution in [0.25, 0.3) is 11.5 Å². The molecular weight excluding hydrogens is 342 g/mol. The standard InChI is InChI=1S/C21H21N3O3/c1-3-22-20(26)16-10-7-11-17(12-16)23-19(25)13-18-14(2)27-21(24-18)15-8-5-4-6-9-15/h4-12H,3,13H2,1-2H3,(H,22,26)(H,23,25). The minimum Gasteiger partial charge on any atom is -0.441 e. The lowest BCUT2D eigenvalue weighted by molar-refractivity contribution is -0.115. The molecule has 0 unspecified atom stereocenters. The molecule has 0 saturated carbocycles. The average molecular weight is 363 g/mol. The molecule has 2 N–H and O–H groups in total. The van der Waals surface area contributed by atoms with Crippen molar-refractivity contribution in [2.24, 2.45) is 0 Å². The molecule has 6 heteroatoms. The molecule has 3 rings (SSSR count). The van der Waals surface area contributed by atoms with E-state index in [9.17, 15) is 9.59 Å². The van der Waals surface area contributed by atoms with Gasteiger partial charge in [0.05, 0.1) is 12.1 Å². The number of benzene rings is 2. The van der Waals surface area contributed by atoms with Gasteiger partial charge in [-0.15, -0.1) is 0 Å². The summed E-state index contributed by atoms with van der Waals surface area (Å²) in [6.07, 6.45) is 0.0908. The Balaban J connectivity index is 1.69. The molecule has 2 aromatic carbocycles. The zero-order valence-electron chi connectivity index (χ0n) is 15.3. The summed E-state index contributed by atoms with van der Waals surface area (Å²) in [7, 11) is 0. The number of rotatable bonds is 6. The molecule has 3 aromatic rings. The van der Waals surface area contributed by atoms with E-state index in [1.807, 2.05) is 37.3 Å². The fraction of sp³-hybridized carbons (Fsp3) is 0.190. The van der Waals surface area contributed by atoms with Gasteiger partial charge < -0.3 is 15.1 Å². The average Bonchev–Trinajstić information content (AvgIpc) is 3.03. The number of anilines is 1. The second kappa shape index (κ2) is 8.31. The Bertz CT molecular complexity index is 948. The Morgan fingerprint density at radius 1 is 1.07 bits per heavy atom. The number of hydrogen-bond acceptors (Lipinski definition) is 4. The SMILES string of the molecule is CCNC(=O)c1cccc(NC(=O)Cc2nc(-c3ccccc3)oc2C)c1. The summed E-state index contributed by atoms with van der Waals surface area (Å²) < 4.78 is 5.69. The minimum absolute atomic E-state index is 0.0908. The molecule has 1 aromatic heterocycles. The first-order chi connectivity index (χ1) is 13.1. The summed E-state index contributed by atoms with van der Waals surface area (Å²) >= 11 is 0. The van der Waals surface area contributed by atoms with E-state index in [4.69, 9.17) is 4.42 Å². The Morgan fingerprint density at radius 2 is 1.85 bits per heavy atom. The molecule has 0 spiro atoms. The van der Waals surface area contributed by atoms with Crippen molar-refractivity contribution in [3.8, 4) is 11.5 Å². The summed E-state index contributed by atoms with van der Waals surface area (Å²) in [6.45, 7) is 4.19. The highest BCUT2D eigenvalue weighted by molar-refractivity contribution is 5.97. The lowest BCUT2D eigenvalue weighted by Crippen LogP contribution is -2.23. The third-order valence-electron chi connectivity index (χ3n) is 3.99. The van der Waals surface area contributed by atoms with Crippen LogP contribution >= 0.6 is 0 Å². The third-order valence-corrected chi connectivity index (χ3v) is 3.99. The minimum atomic E-state index is -0.223. The lowest BCUT2D eigenvalue weighted by atomic mass is 10.1. The van der Waals surface area contributed by atoms with Crippen LogP contribution < -0.4 is 10.6 Å². The zero-order valence-corrected chi connectivity index (χ0v) is 15.3. The Kier molecular flexibility index (Phi) is 5.66. The first-order valence-electron chi connectivity index (χ1n) is 8.76. The summed E-state index contributed by atoms with van der Waals surface area (Å²) in [6, 6.07) is 16.4. The molecule has 6 nitrogen and oxygen atoms in total. The van der Waals surface area contributed by atoms with Crippen LogP contribution in [-0.4, -0.2) is 23.3 Å². The number of nitrogens with one attached hydrogen (secondary N) is 2. The van der Waals surface area contributed by atoms with Gasteiger partial charge in [-0.1, -0.05) is 24.3 Å². The Hall–Kier alpha value is -3.41. The van der Waals surface area contributed by atoms with E-state index in [1.54, 1.807) is 31.2 Å². The van der Waals surface area contributed by atoms with E-state index in [2.05, 4.69) is 15.6 Å². The number of nitrogens with zero attached hydrogens (tertiary/aromatic N) is 1. The van der Waals surface area contributed by atoms with Crippen molar-refractivity contribution in [3.63, 3.8) is 0 Å². The molecular formula is C21H21N3O3. The molecule has 0 aliphatic carbocycles. The summed E-state index contributed by atoms with van der Waals surface area (Å²) in [4.78, 5) is 28.7. The summed E-state index contributed by atoms with van der Waals surface area (Å²) in [5.41, 5.74) is 2.51. The summed E-state index contributed by atoms with van der Waals surface area (Å²) in [5.74, 6) is 0.710. The topological polar surface area (TPSA) is 84.2 Å². The van der Waals surface area contributed by atoms with Crippen molar-refractivity contribution >= 4 is 17.5 Å². The van der Waals surface area contributed by atoms with Gasteiger partial charge in [-0.05, 0) is 44.2 Å². The van der Waals surface area contributed by atoms with Gasteiger partial charge >= 0.3 is 0 Å². The fourth-order valence-corrected chi connectivity index (χ4v) is 2.65. The predicted molar refractivity (Wildman–Crippen MR) is 103 cm³/mol. The van der Waals surface area contributed by atoms with Gasteiger partial charge in [-0.2, -0.15) is 0 Å². The molecule has 0 aliphatic heterocycles. The maximum Gasteiger partial charge on any atom is 0.251 e. The molecule has 0 bridgehead atoms. The molecule has 2 amide bonds. The van der Waals surface area contributed by atoms with E-state index in [0.29, 0.717) is 35.1 Å². The number of aryl methyl sites for hydroxylation is 1. The Labute approximate surface area is 157 Å². The normalized spacial score (nSPS) is 10.4. The number of oxazole rings is 1. The molecule has 138 valence electrons. The lowest BCUT2D eigenvalue weighted by Gasteiger charge is -2.07. The van der Waals surface area contributed by atoms with Crippen LogP contribution in [0.3, 0.4) is 0 Å². The van der Waals surface area contributed by atoms with Crippen molar-refractivity contribution in [3.05, 3.63) is 71.6 Å². The van der Waals surface area contributed by atoms with E-state index >= 15 is 0 Å². The van der Waals surface area contributed by atoms with E-state index in [0.717, 1.165) is 5.56 Å². The first kappa shape index (κ1) is 18.4. The number of carbonyl (C=O) groups is 2. The number of hydrogen-bond donors (Lipinski definition) is 2. The molecule has 0 atom stereocenters. The van der Waals surface area contributed by atoms with Gasteiger partial charge in [-0.3, -0.25) is 9.59 Å². The molecule has 0 fully saturated rings. The van der Waals surface area contributed by atoms with Crippen molar-refractivity contribution in [1.29, 1.82) is 0 Å². The fourth-order valence-electron chi connectivity index (χ4n) is 2.65. The van der Waals surface area contributed by atoms with Crippen molar-refractivity contribution in [2.45, 2.75) is 20.3 Å². The summed E-state index contributed by atoms with van der Waals surface area (Å²) in [5, 5.41) is 5.54. The molecule has 1 heterocycles. The maximum absolute atomic E-state index is 12.4. The maximum atomic E-state index is 12.4. The largest absolute Gasteiger partial charge is 0.441 e. The van der Waals surface area contributed by atoms with Gasteiger partial charge in [0.25, 0.3) is 5.91 Å². The second-order valence-electron chi connectivity index (χ2n) is 6.05. The molecule has 0 radical (unpaired) electrons. The van der Waals surface area contributed by atoms with Crippen molar-refractivity contribution in [2.75, 3.05) is 11.9 Å². The van der Waals surface area contributed by atoms with Gasteiger partial charge in [0.1, 0.15) is 5.76 Å². The van der Waals surface area contributed by atoms with Gasteiger partial charge in [0.15, 0.2) is 0 Å². The predicted octanol–water partition coefficient (Wildman–Crippen LogP) is 3.58. The van der Waals surface area contributed by atoms with Crippen molar-refractivity contribution < 1.29 is 14.0 Å². The highest BCUT2D eigenvalue weighted by atomic mass is 16.4. The van der Waals surface area contributed by atoms with E-state index in [-0.39, 0.29) is 18.2 Å². The number of aromatic nitrogens is 1. The zero-order chi connectivity index (χ0) is 19.2. The number of amides is 2. The van der Waals surface area contributed by atoms with Crippen LogP contribution in [0.4, 0.5) is 5.69 Å². The van der Waals surface area contributed by atoms with Crippen LogP contribution in [0.15, 0.2) is 59.0 Å². The van der Waals surface area contributed by atoms with E-state index < -0.39 is 0 Å². The van der Waals surface area contributed by atoms with Crippen molar-refractivity contribution in [1.82, 2.24) is 10.3 Å². The Morgan fingerprint density at radius 3 is 2.59 bits per heavy atom. The van der Waals surface area contributed by atoms with Crippen LogP contribution in [0, 0.1) is 6.92 Å². The van der Waals surface area contributed by atoms with Gasteiger partial charge in [-0.25, -0.2) is 4.98 Å². The monoisotopic (exact) mass is 363 g/mol. The smallest absolute Gasteiger partial charge is 0.251 e. The van der Waals surface area contributed by atoms with Gasteiger partial charge in [0, 0.05) is 23.4 Å². The van der Waals surface area contributed by atoms with Crippen LogP contribution in [-0.2, 0) is 11.2 Å².